The molecule has 0 aliphatic rings. The van der Waals surface area contributed by atoms with E-state index in [0.29, 0.717) is 29.5 Å². The standard InChI is InChI=1S/C12H14ClNO3S/c1-3-16-11(15)9-7-8(5-6-10(9)13)14-12(18)17-4-2/h5-7H,3-4H2,1-2H3,(H,14,18). The van der Waals surface area contributed by atoms with Crippen LogP contribution in [0.4, 0.5) is 5.69 Å². The number of rotatable bonds is 4. The van der Waals surface area contributed by atoms with Crippen molar-refractivity contribution in [3.8, 4) is 0 Å². The van der Waals surface area contributed by atoms with Crippen LogP contribution in [0.1, 0.15) is 24.2 Å². The normalized spacial score (nSPS) is 9.72. The number of nitrogens with one attached hydrogen (secondary N) is 1. The van der Waals surface area contributed by atoms with Crippen molar-refractivity contribution in [3.63, 3.8) is 0 Å². The first-order chi connectivity index (χ1) is 8.58. The fourth-order valence-electron chi connectivity index (χ4n) is 1.25. The van der Waals surface area contributed by atoms with E-state index in [1.165, 1.54) is 0 Å². The molecule has 0 spiro atoms. The maximum absolute atomic E-state index is 11.6. The Bertz CT molecular complexity index is 451. The highest BCUT2D eigenvalue weighted by Crippen LogP contribution is 2.21. The maximum atomic E-state index is 11.6. The Morgan fingerprint density at radius 1 is 1.33 bits per heavy atom. The van der Waals surface area contributed by atoms with Crippen LogP contribution in [0.25, 0.3) is 0 Å². The second kappa shape index (κ2) is 7.18. The summed E-state index contributed by atoms with van der Waals surface area (Å²) >= 11 is 10.9. The van der Waals surface area contributed by atoms with Gasteiger partial charge in [-0.05, 0) is 44.3 Å². The summed E-state index contributed by atoms with van der Waals surface area (Å²) in [5, 5.41) is 3.43. The molecule has 1 aromatic rings. The minimum absolute atomic E-state index is 0.245. The predicted octanol–water partition coefficient (Wildman–Crippen LogP) is 3.25. The Labute approximate surface area is 116 Å². The quantitative estimate of drug-likeness (QED) is 0.680. The Balaban J connectivity index is 2.86. The van der Waals surface area contributed by atoms with Crippen LogP contribution in [0.2, 0.25) is 5.02 Å². The van der Waals surface area contributed by atoms with Crippen molar-refractivity contribution in [2.45, 2.75) is 13.8 Å². The predicted molar refractivity (Wildman–Crippen MR) is 75.3 cm³/mol. The van der Waals surface area contributed by atoms with Gasteiger partial charge >= 0.3 is 5.97 Å². The summed E-state index contributed by atoms with van der Waals surface area (Å²) in [5.41, 5.74) is 0.920. The van der Waals surface area contributed by atoms with E-state index in [2.05, 4.69) is 5.32 Å². The van der Waals surface area contributed by atoms with Gasteiger partial charge < -0.3 is 14.8 Å². The fraction of sp³-hybridized carbons (Fsp3) is 0.333. The van der Waals surface area contributed by atoms with E-state index in [9.17, 15) is 4.79 Å². The highest BCUT2D eigenvalue weighted by Gasteiger charge is 2.12. The Morgan fingerprint density at radius 2 is 2.00 bits per heavy atom. The van der Waals surface area contributed by atoms with Gasteiger partial charge in [0, 0.05) is 5.69 Å². The molecule has 0 atom stereocenters. The first-order valence-electron chi connectivity index (χ1n) is 5.49. The first-order valence-corrected chi connectivity index (χ1v) is 6.27. The number of hydrogen-bond acceptors (Lipinski definition) is 4. The van der Waals surface area contributed by atoms with Crippen LogP contribution in [0, 0.1) is 0 Å². The summed E-state index contributed by atoms with van der Waals surface area (Å²) < 4.78 is 10.00. The molecule has 0 heterocycles. The second-order valence-electron chi connectivity index (χ2n) is 3.26. The Hall–Kier alpha value is -1.33. The molecule has 4 nitrogen and oxygen atoms in total. The van der Waals surface area contributed by atoms with Crippen molar-refractivity contribution in [1.82, 2.24) is 0 Å². The van der Waals surface area contributed by atoms with Gasteiger partial charge in [-0.15, -0.1) is 0 Å². The van der Waals surface area contributed by atoms with Gasteiger partial charge in [-0.3, -0.25) is 0 Å². The average Bonchev–Trinajstić information content (AvgIpc) is 2.32. The van der Waals surface area contributed by atoms with E-state index in [4.69, 9.17) is 33.3 Å². The monoisotopic (exact) mass is 287 g/mol. The number of hydrogen-bond donors (Lipinski definition) is 1. The van der Waals surface area contributed by atoms with Gasteiger partial charge in [-0.1, -0.05) is 11.6 Å². The second-order valence-corrected chi connectivity index (χ2v) is 4.04. The molecule has 0 bridgehead atoms. The molecule has 1 N–H and O–H groups in total. The lowest BCUT2D eigenvalue weighted by Gasteiger charge is -2.10. The lowest BCUT2D eigenvalue weighted by Crippen LogP contribution is -2.14. The molecule has 0 saturated heterocycles. The third-order valence-corrected chi connectivity index (χ3v) is 2.53. The number of halogens is 1. The van der Waals surface area contributed by atoms with E-state index in [1.807, 2.05) is 6.92 Å². The van der Waals surface area contributed by atoms with E-state index < -0.39 is 5.97 Å². The van der Waals surface area contributed by atoms with Crippen LogP contribution in [0.15, 0.2) is 18.2 Å². The molecule has 0 unspecified atom stereocenters. The third kappa shape index (κ3) is 4.16. The molecule has 0 aliphatic carbocycles. The number of anilines is 1. The van der Waals surface area contributed by atoms with Gasteiger partial charge in [-0.25, -0.2) is 4.79 Å². The molecular weight excluding hydrogens is 274 g/mol. The summed E-state index contributed by atoms with van der Waals surface area (Å²) in [6, 6.07) is 4.88. The molecule has 0 amide bonds. The van der Waals surface area contributed by atoms with E-state index >= 15 is 0 Å². The van der Waals surface area contributed by atoms with E-state index in [-0.39, 0.29) is 5.17 Å². The van der Waals surface area contributed by atoms with Crippen LogP contribution < -0.4 is 5.32 Å². The Morgan fingerprint density at radius 3 is 2.61 bits per heavy atom. The van der Waals surface area contributed by atoms with Crippen molar-refractivity contribution in [2.75, 3.05) is 18.5 Å². The van der Waals surface area contributed by atoms with Crippen LogP contribution in [0.3, 0.4) is 0 Å². The molecule has 0 aromatic heterocycles. The van der Waals surface area contributed by atoms with Crippen molar-refractivity contribution in [1.29, 1.82) is 0 Å². The third-order valence-electron chi connectivity index (χ3n) is 1.98. The lowest BCUT2D eigenvalue weighted by atomic mass is 10.2. The zero-order valence-corrected chi connectivity index (χ0v) is 11.7. The summed E-state index contributed by atoms with van der Waals surface area (Å²) in [6.07, 6.45) is 0. The summed E-state index contributed by atoms with van der Waals surface area (Å²) in [4.78, 5) is 11.6. The van der Waals surface area contributed by atoms with Crippen molar-refractivity contribution in [2.24, 2.45) is 0 Å². The van der Waals surface area contributed by atoms with Crippen LogP contribution in [0.5, 0.6) is 0 Å². The van der Waals surface area contributed by atoms with Crippen molar-refractivity contribution in [3.05, 3.63) is 28.8 Å². The van der Waals surface area contributed by atoms with Crippen LogP contribution >= 0.6 is 23.8 Å². The molecule has 6 heteroatoms. The van der Waals surface area contributed by atoms with Gasteiger partial charge in [0.2, 0.25) is 0 Å². The summed E-state index contributed by atoms with van der Waals surface area (Å²) in [7, 11) is 0. The number of carbonyl (C=O) groups excluding carboxylic acids is 1. The highest BCUT2D eigenvalue weighted by molar-refractivity contribution is 7.80. The molecule has 0 aliphatic heterocycles. The zero-order valence-electron chi connectivity index (χ0n) is 10.2. The van der Waals surface area contributed by atoms with Gasteiger partial charge in [0.25, 0.3) is 5.17 Å². The number of carbonyl (C=O) groups is 1. The summed E-state index contributed by atoms with van der Waals surface area (Å²) in [5.74, 6) is -0.464. The van der Waals surface area contributed by atoms with Crippen LogP contribution in [-0.2, 0) is 9.47 Å². The number of benzene rings is 1. The van der Waals surface area contributed by atoms with Crippen molar-refractivity contribution >= 4 is 40.7 Å². The molecule has 98 valence electrons. The van der Waals surface area contributed by atoms with E-state index in [1.54, 1.807) is 25.1 Å². The molecule has 0 fully saturated rings. The van der Waals surface area contributed by atoms with Gasteiger partial charge in [-0.2, -0.15) is 0 Å². The first kappa shape index (κ1) is 14.7. The number of ether oxygens (including phenoxy) is 2. The Kier molecular flexibility index (Phi) is 5.88. The number of thiocarbonyl (C=S) groups is 1. The molecule has 0 radical (unpaired) electrons. The average molecular weight is 288 g/mol. The van der Waals surface area contributed by atoms with Gasteiger partial charge in [0.15, 0.2) is 0 Å². The minimum Gasteiger partial charge on any atom is -0.471 e. The molecular formula is C12H14ClNO3S. The maximum Gasteiger partial charge on any atom is 0.339 e. The van der Waals surface area contributed by atoms with Crippen molar-refractivity contribution < 1.29 is 14.3 Å². The smallest absolute Gasteiger partial charge is 0.339 e. The SMILES string of the molecule is CCOC(=O)c1cc(NC(=S)OCC)ccc1Cl. The topological polar surface area (TPSA) is 47.6 Å². The van der Waals surface area contributed by atoms with Gasteiger partial charge in [0.05, 0.1) is 23.8 Å². The number of esters is 1. The highest BCUT2D eigenvalue weighted by atomic mass is 35.5. The fourth-order valence-corrected chi connectivity index (χ4v) is 1.68. The van der Waals surface area contributed by atoms with Gasteiger partial charge in [0.1, 0.15) is 0 Å². The molecule has 1 aromatic carbocycles. The molecule has 1 rings (SSSR count). The van der Waals surface area contributed by atoms with Crippen LogP contribution in [-0.4, -0.2) is 24.4 Å². The lowest BCUT2D eigenvalue weighted by molar-refractivity contribution is 0.0526. The largest absolute Gasteiger partial charge is 0.471 e. The minimum atomic E-state index is -0.464. The van der Waals surface area contributed by atoms with E-state index in [0.717, 1.165) is 0 Å². The zero-order chi connectivity index (χ0) is 13.5. The summed E-state index contributed by atoms with van der Waals surface area (Å²) in [6.45, 7) is 4.34. The molecule has 18 heavy (non-hydrogen) atoms. The molecule has 0 saturated carbocycles.